The quantitative estimate of drug-likeness (QED) is 0.191. The van der Waals surface area contributed by atoms with Crippen LogP contribution in [-0.4, -0.2) is 34.8 Å². The van der Waals surface area contributed by atoms with Crippen molar-refractivity contribution in [2.24, 2.45) is 0 Å². The molecule has 0 atom stereocenters. The molecule has 0 aliphatic rings. The Hall–Kier alpha value is -5.23. The number of halogens is 1. The van der Waals surface area contributed by atoms with Crippen molar-refractivity contribution in [2.45, 2.75) is 33.5 Å². The van der Waals surface area contributed by atoms with Gasteiger partial charge in [0.25, 0.3) is 0 Å². The lowest BCUT2D eigenvalue weighted by Gasteiger charge is -2.21. The van der Waals surface area contributed by atoms with Gasteiger partial charge in [0.15, 0.2) is 0 Å². The van der Waals surface area contributed by atoms with E-state index < -0.39 is 0 Å². The van der Waals surface area contributed by atoms with E-state index in [0.717, 1.165) is 28.1 Å². The van der Waals surface area contributed by atoms with Gasteiger partial charge in [0.2, 0.25) is 23.8 Å². The van der Waals surface area contributed by atoms with Crippen LogP contribution in [0.15, 0.2) is 72.8 Å². The highest BCUT2D eigenvalue weighted by atomic mass is 19.1. The zero-order chi connectivity index (χ0) is 28.8. The summed E-state index contributed by atoms with van der Waals surface area (Å²) in [5, 5.41) is 6.43. The number of nitrogens with two attached hydrogens (primary N) is 2. The second-order valence-corrected chi connectivity index (χ2v) is 9.52. The summed E-state index contributed by atoms with van der Waals surface area (Å²) in [5.41, 5.74) is 16.8. The molecule has 0 spiro atoms. The second-order valence-electron chi connectivity index (χ2n) is 9.52. The highest BCUT2D eigenvalue weighted by Gasteiger charge is 2.16. The van der Waals surface area contributed by atoms with Crippen molar-refractivity contribution >= 4 is 35.2 Å². The molecule has 5 aromatic rings. The molecule has 208 valence electrons. The minimum atomic E-state index is -0.311. The first-order valence-corrected chi connectivity index (χ1v) is 12.9. The summed E-state index contributed by atoms with van der Waals surface area (Å²) in [6.07, 6.45) is 0. The molecule has 0 fully saturated rings. The first-order chi connectivity index (χ1) is 19.8. The molecule has 0 unspecified atom stereocenters. The number of nitrogens with one attached hydrogen (secondary N) is 2. The van der Waals surface area contributed by atoms with Crippen LogP contribution in [0.5, 0.6) is 0 Å². The van der Waals surface area contributed by atoms with Gasteiger partial charge in [0, 0.05) is 17.9 Å². The molecule has 11 nitrogen and oxygen atoms in total. The summed E-state index contributed by atoms with van der Waals surface area (Å²) in [7, 11) is 0. The number of hydrogen-bond acceptors (Lipinski definition) is 11. The summed E-state index contributed by atoms with van der Waals surface area (Å²) < 4.78 is 13.6. The van der Waals surface area contributed by atoms with E-state index in [1.165, 1.54) is 12.1 Å². The molecule has 2 aromatic heterocycles. The van der Waals surface area contributed by atoms with Crippen molar-refractivity contribution in [3.8, 4) is 0 Å². The molecule has 0 aliphatic carbocycles. The van der Waals surface area contributed by atoms with Crippen LogP contribution >= 0.6 is 0 Å². The Morgan fingerprint density at radius 2 is 1.07 bits per heavy atom. The third kappa shape index (κ3) is 7.46. The first-order valence-electron chi connectivity index (χ1n) is 12.9. The summed E-state index contributed by atoms with van der Waals surface area (Å²) in [6, 6.07) is 21.9. The molecule has 2 heterocycles. The summed E-state index contributed by atoms with van der Waals surface area (Å²) in [5.74, 6) is 1.40. The number of aromatic nitrogens is 6. The van der Waals surface area contributed by atoms with E-state index in [0.29, 0.717) is 30.1 Å². The number of nitrogen functional groups attached to an aromatic ring is 2. The monoisotopic (exact) mass is 551 g/mol. The van der Waals surface area contributed by atoms with Gasteiger partial charge in [-0.05, 0) is 54.8 Å². The van der Waals surface area contributed by atoms with E-state index in [-0.39, 0.29) is 30.8 Å². The van der Waals surface area contributed by atoms with Gasteiger partial charge < -0.3 is 22.1 Å². The zero-order valence-electron chi connectivity index (χ0n) is 22.7. The number of nitrogens with zero attached hydrogens (tertiary/aromatic N) is 7. The zero-order valence-corrected chi connectivity index (χ0v) is 22.7. The van der Waals surface area contributed by atoms with Gasteiger partial charge in [0.1, 0.15) is 17.5 Å². The molecular formula is C29H30FN11. The summed E-state index contributed by atoms with van der Waals surface area (Å²) >= 11 is 0. The number of aryl methyl sites for hydroxylation is 2. The average Bonchev–Trinajstić information content (AvgIpc) is 2.92. The van der Waals surface area contributed by atoms with Crippen LogP contribution in [-0.2, 0) is 19.6 Å². The lowest BCUT2D eigenvalue weighted by molar-refractivity contribution is 0.235. The second kappa shape index (κ2) is 12.3. The van der Waals surface area contributed by atoms with Crippen LogP contribution in [0.3, 0.4) is 0 Å². The van der Waals surface area contributed by atoms with E-state index in [1.807, 2.05) is 67.3 Å². The van der Waals surface area contributed by atoms with Crippen molar-refractivity contribution in [1.82, 2.24) is 34.8 Å². The van der Waals surface area contributed by atoms with E-state index >= 15 is 0 Å². The van der Waals surface area contributed by atoms with Gasteiger partial charge >= 0.3 is 0 Å². The highest BCUT2D eigenvalue weighted by molar-refractivity contribution is 5.59. The Morgan fingerprint density at radius 3 is 1.54 bits per heavy atom. The fourth-order valence-electron chi connectivity index (χ4n) is 4.21. The maximum atomic E-state index is 13.6. The highest BCUT2D eigenvalue weighted by Crippen LogP contribution is 2.21. The fourth-order valence-corrected chi connectivity index (χ4v) is 4.21. The molecule has 6 N–H and O–H groups in total. The molecular weight excluding hydrogens is 521 g/mol. The van der Waals surface area contributed by atoms with E-state index in [4.69, 9.17) is 11.5 Å². The Morgan fingerprint density at radius 1 is 0.610 bits per heavy atom. The minimum absolute atomic E-state index is 0.0851. The van der Waals surface area contributed by atoms with Crippen LogP contribution in [0, 0.1) is 19.7 Å². The van der Waals surface area contributed by atoms with Crippen LogP contribution in [0.25, 0.3) is 0 Å². The maximum absolute atomic E-state index is 13.6. The van der Waals surface area contributed by atoms with E-state index in [1.54, 1.807) is 12.1 Å². The standard InChI is InChI=1S/C29H30FN11/c1-18-7-3-5-9-22(18)33-28-37-24(35-26(31)39-28)16-41(15-20-11-13-21(30)14-12-20)17-25-36-27(32)40-29(38-25)34-23-10-6-4-8-19(23)2/h3-14H,15-17H2,1-2H3,(H3,31,33,35,37,39)(H3,32,34,36,38,40). The normalized spacial score (nSPS) is 11.0. The number of para-hydroxylation sites is 2. The lowest BCUT2D eigenvalue weighted by Crippen LogP contribution is -2.26. The molecule has 0 bridgehead atoms. The third-order valence-corrected chi connectivity index (χ3v) is 6.23. The molecule has 0 amide bonds. The Bertz CT molecular complexity index is 1540. The third-order valence-electron chi connectivity index (χ3n) is 6.23. The smallest absolute Gasteiger partial charge is 0.232 e. The van der Waals surface area contributed by atoms with Crippen LogP contribution in [0.1, 0.15) is 28.3 Å². The number of rotatable bonds is 10. The van der Waals surface area contributed by atoms with Crippen LogP contribution < -0.4 is 22.1 Å². The molecule has 0 saturated heterocycles. The SMILES string of the molecule is Cc1ccccc1Nc1nc(N)nc(CN(Cc2ccc(F)cc2)Cc2nc(N)nc(Nc3ccccc3C)n2)n1. The van der Waals surface area contributed by atoms with E-state index in [2.05, 4.69) is 40.5 Å². The molecule has 12 heteroatoms. The minimum Gasteiger partial charge on any atom is -0.368 e. The number of benzene rings is 3. The maximum Gasteiger partial charge on any atom is 0.232 e. The van der Waals surface area contributed by atoms with Crippen molar-refractivity contribution in [2.75, 3.05) is 22.1 Å². The topological polar surface area (TPSA) is 157 Å². The van der Waals surface area contributed by atoms with Crippen molar-refractivity contribution < 1.29 is 4.39 Å². The molecule has 3 aromatic carbocycles. The Balaban J connectivity index is 1.41. The molecule has 0 saturated carbocycles. The van der Waals surface area contributed by atoms with Gasteiger partial charge in [-0.15, -0.1) is 0 Å². The van der Waals surface area contributed by atoms with Crippen molar-refractivity contribution in [3.05, 3.63) is 107 Å². The molecule has 0 radical (unpaired) electrons. The predicted molar refractivity (Wildman–Crippen MR) is 157 cm³/mol. The van der Waals surface area contributed by atoms with Gasteiger partial charge in [0.05, 0.1) is 13.1 Å². The van der Waals surface area contributed by atoms with Crippen LogP contribution in [0.2, 0.25) is 0 Å². The average molecular weight is 552 g/mol. The van der Waals surface area contributed by atoms with Gasteiger partial charge in [-0.3, -0.25) is 4.90 Å². The number of anilines is 6. The number of hydrogen-bond donors (Lipinski definition) is 4. The Kier molecular flexibility index (Phi) is 8.20. The fraction of sp³-hybridized carbons (Fsp3) is 0.172. The van der Waals surface area contributed by atoms with Gasteiger partial charge in [-0.25, -0.2) is 4.39 Å². The summed E-state index contributed by atoms with van der Waals surface area (Å²) in [4.78, 5) is 28.4. The van der Waals surface area contributed by atoms with Gasteiger partial charge in [-0.1, -0.05) is 48.5 Å². The van der Waals surface area contributed by atoms with Gasteiger partial charge in [-0.2, -0.15) is 29.9 Å². The largest absolute Gasteiger partial charge is 0.368 e. The summed E-state index contributed by atoms with van der Waals surface area (Å²) in [6.45, 7) is 4.96. The first kappa shape index (κ1) is 27.3. The molecule has 5 rings (SSSR count). The van der Waals surface area contributed by atoms with Crippen molar-refractivity contribution in [1.29, 1.82) is 0 Å². The lowest BCUT2D eigenvalue weighted by atomic mass is 10.2. The molecule has 0 aliphatic heterocycles. The van der Waals surface area contributed by atoms with Crippen LogP contribution in [0.4, 0.5) is 39.6 Å². The van der Waals surface area contributed by atoms with Crippen molar-refractivity contribution in [3.63, 3.8) is 0 Å². The predicted octanol–water partition coefficient (Wildman–Crippen LogP) is 4.67. The molecule has 41 heavy (non-hydrogen) atoms. The van der Waals surface area contributed by atoms with E-state index in [9.17, 15) is 4.39 Å². The Labute approximate surface area is 237 Å².